The van der Waals surface area contributed by atoms with E-state index in [0.29, 0.717) is 0 Å². The Bertz CT molecular complexity index is 242. The van der Waals surface area contributed by atoms with E-state index in [1.807, 2.05) is 0 Å². The Morgan fingerprint density at radius 1 is 1.57 bits per heavy atom. The molecule has 6 N–H and O–H groups in total. The normalized spacial score (nSPS) is 35.1. The summed E-state index contributed by atoms with van der Waals surface area (Å²) in [5, 5.41) is 18.0. The standard InChI is InChI=1S/C5H11NO7P/c6-5-4(13-14(9,10)11)3(8)2(1-7)12-5/h2-4,7-8H,1,6H2,(H2,9,10,11)/t2-,3-,4-/m1/s1. The third kappa shape index (κ3) is 2.72. The molecule has 9 heteroatoms. The average Bonchev–Trinajstić information content (AvgIpc) is 2.29. The van der Waals surface area contributed by atoms with E-state index in [1.165, 1.54) is 0 Å². The van der Waals surface area contributed by atoms with E-state index in [0.717, 1.165) is 0 Å². The molecule has 1 aliphatic rings. The van der Waals surface area contributed by atoms with Crippen molar-refractivity contribution in [3.05, 3.63) is 6.23 Å². The van der Waals surface area contributed by atoms with Crippen LogP contribution in [-0.2, 0) is 13.8 Å². The van der Waals surface area contributed by atoms with Gasteiger partial charge in [0.1, 0.15) is 18.3 Å². The number of hydrogen-bond donors (Lipinski definition) is 5. The van der Waals surface area contributed by atoms with E-state index >= 15 is 0 Å². The first-order valence-corrected chi connectivity index (χ1v) is 5.20. The molecule has 0 saturated carbocycles. The molecule has 1 aliphatic heterocycles. The number of aliphatic hydroxyl groups is 2. The van der Waals surface area contributed by atoms with Crippen molar-refractivity contribution in [1.82, 2.24) is 0 Å². The predicted molar refractivity (Wildman–Crippen MR) is 42.3 cm³/mol. The molecule has 14 heavy (non-hydrogen) atoms. The Balaban J connectivity index is 2.65. The van der Waals surface area contributed by atoms with E-state index in [-0.39, 0.29) is 6.23 Å². The van der Waals surface area contributed by atoms with Gasteiger partial charge in [-0.25, -0.2) is 4.57 Å². The van der Waals surface area contributed by atoms with Crippen molar-refractivity contribution in [3.8, 4) is 0 Å². The molecule has 83 valence electrons. The van der Waals surface area contributed by atoms with Crippen LogP contribution in [0.1, 0.15) is 0 Å². The van der Waals surface area contributed by atoms with Gasteiger partial charge in [-0.2, -0.15) is 0 Å². The highest BCUT2D eigenvalue weighted by Gasteiger charge is 2.46. The molecule has 0 amide bonds. The van der Waals surface area contributed by atoms with Crippen molar-refractivity contribution in [3.63, 3.8) is 0 Å². The van der Waals surface area contributed by atoms with Crippen LogP contribution in [0.4, 0.5) is 0 Å². The SMILES string of the molecule is N[C]1O[C@H](CO)[C@@H](O)[C@H]1OP(=O)(O)O. The Labute approximate surface area is 79.5 Å². The Morgan fingerprint density at radius 2 is 2.14 bits per heavy atom. The van der Waals surface area contributed by atoms with E-state index in [4.69, 9.17) is 25.4 Å². The number of ether oxygens (including phenoxy) is 1. The molecule has 0 aromatic heterocycles. The van der Waals surface area contributed by atoms with Crippen LogP contribution >= 0.6 is 7.82 Å². The molecule has 1 radical (unpaired) electrons. The maximum absolute atomic E-state index is 10.4. The number of phosphoric acid groups is 1. The minimum atomic E-state index is -4.75. The van der Waals surface area contributed by atoms with Crippen molar-refractivity contribution in [2.75, 3.05) is 6.61 Å². The summed E-state index contributed by atoms with van der Waals surface area (Å²) < 4.78 is 19.3. The summed E-state index contributed by atoms with van der Waals surface area (Å²) in [6.45, 7) is -0.525. The molecule has 0 aromatic carbocycles. The highest BCUT2D eigenvalue weighted by molar-refractivity contribution is 7.46. The third-order valence-corrected chi connectivity index (χ3v) is 2.19. The second-order valence-electron chi connectivity index (χ2n) is 2.75. The number of rotatable bonds is 3. The molecule has 8 nitrogen and oxygen atoms in total. The smallest absolute Gasteiger partial charge is 0.394 e. The van der Waals surface area contributed by atoms with Crippen LogP contribution in [0, 0.1) is 6.23 Å². The van der Waals surface area contributed by atoms with Crippen molar-refractivity contribution < 1.29 is 33.8 Å². The van der Waals surface area contributed by atoms with Crippen molar-refractivity contribution >= 4 is 7.82 Å². The summed E-state index contributed by atoms with van der Waals surface area (Å²) in [6.07, 6.45) is -4.20. The largest absolute Gasteiger partial charge is 0.470 e. The van der Waals surface area contributed by atoms with Gasteiger partial charge in [0.15, 0.2) is 6.23 Å². The summed E-state index contributed by atoms with van der Waals surface area (Å²) >= 11 is 0. The molecule has 1 heterocycles. The van der Waals surface area contributed by atoms with Crippen LogP contribution in [0.3, 0.4) is 0 Å². The number of hydrogen-bond acceptors (Lipinski definition) is 6. The molecule has 0 spiro atoms. The van der Waals surface area contributed by atoms with Gasteiger partial charge in [0, 0.05) is 0 Å². The zero-order valence-electron chi connectivity index (χ0n) is 6.98. The fourth-order valence-corrected chi connectivity index (χ4v) is 1.61. The fourth-order valence-electron chi connectivity index (χ4n) is 1.08. The molecule has 0 unspecified atom stereocenters. The van der Waals surface area contributed by atoms with E-state index < -0.39 is 32.7 Å². The van der Waals surface area contributed by atoms with Crippen LogP contribution in [0.15, 0.2) is 0 Å². The quantitative estimate of drug-likeness (QED) is 0.338. The van der Waals surface area contributed by atoms with E-state index in [2.05, 4.69) is 4.52 Å². The highest BCUT2D eigenvalue weighted by Crippen LogP contribution is 2.42. The summed E-state index contributed by atoms with van der Waals surface area (Å²) in [5.74, 6) is 0. The Kier molecular flexibility index (Phi) is 3.62. The van der Waals surface area contributed by atoms with Crippen LogP contribution in [0.25, 0.3) is 0 Å². The number of nitrogens with two attached hydrogens (primary N) is 1. The van der Waals surface area contributed by atoms with Gasteiger partial charge in [-0.15, -0.1) is 0 Å². The van der Waals surface area contributed by atoms with Gasteiger partial charge in [0.2, 0.25) is 0 Å². The van der Waals surface area contributed by atoms with Gasteiger partial charge in [0.05, 0.1) is 6.61 Å². The topological polar surface area (TPSA) is 142 Å². The second kappa shape index (κ2) is 4.21. The number of aliphatic hydroxyl groups excluding tert-OH is 2. The predicted octanol–water partition coefficient (Wildman–Crippen LogP) is -2.34. The van der Waals surface area contributed by atoms with E-state index in [1.54, 1.807) is 0 Å². The highest BCUT2D eigenvalue weighted by atomic mass is 31.2. The molecule has 0 aliphatic carbocycles. The minimum Gasteiger partial charge on any atom is -0.394 e. The molecule has 3 atom stereocenters. The van der Waals surface area contributed by atoms with Gasteiger partial charge in [0.25, 0.3) is 0 Å². The van der Waals surface area contributed by atoms with Gasteiger partial charge < -0.3 is 24.7 Å². The molecule has 1 saturated heterocycles. The lowest BCUT2D eigenvalue weighted by Gasteiger charge is -2.17. The summed E-state index contributed by atoms with van der Waals surface area (Å²) in [4.78, 5) is 16.9. The van der Waals surface area contributed by atoms with Gasteiger partial charge >= 0.3 is 7.82 Å². The molecular weight excluding hydrogens is 217 g/mol. The Morgan fingerprint density at radius 3 is 2.50 bits per heavy atom. The Hall–Kier alpha value is -0.0500. The van der Waals surface area contributed by atoms with Crippen molar-refractivity contribution in [2.24, 2.45) is 5.73 Å². The minimum absolute atomic E-state index is 0.361. The summed E-state index contributed by atoms with van der Waals surface area (Å²) in [6, 6.07) is 0. The average molecular weight is 228 g/mol. The van der Waals surface area contributed by atoms with Crippen LogP contribution in [-0.4, -0.2) is 44.9 Å². The molecule has 1 fully saturated rings. The lowest BCUT2D eigenvalue weighted by Crippen LogP contribution is -2.35. The van der Waals surface area contributed by atoms with E-state index in [9.17, 15) is 9.67 Å². The second-order valence-corrected chi connectivity index (χ2v) is 3.94. The van der Waals surface area contributed by atoms with Crippen LogP contribution in [0.2, 0.25) is 0 Å². The third-order valence-electron chi connectivity index (χ3n) is 1.69. The molecule has 0 aromatic rings. The fraction of sp³-hybridized carbons (Fsp3) is 0.800. The summed E-state index contributed by atoms with van der Waals surface area (Å²) in [5.41, 5.74) is 5.20. The monoisotopic (exact) mass is 228 g/mol. The van der Waals surface area contributed by atoms with Gasteiger partial charge in [-0.1, -0.05) is 0 Å². The molecular formula is C5H11NO7P. The first kappa shape index (κ1) is 12.0. The van der Waals surface area contributed by atoms with Crippen molar-refractivity contribution in [2.45, 2.75) is 18.3 Å². The van der Waals surface area contributed by atoms with Gasteiger partial charge in [-0.05, 0) is 0 Å². The lowest BCUT2D eigenvalue weighted by atomic mass is 10.1. The maximum atomic E-state index is 10.4. The lowest BCUT2D eigenvalue weighted by molar-refractivity contribution is -0.00553. The first-order valence-electron chi connectivity index (χ1n) is 3.67. The van der Waals surface area contributed by atoms with Gasteiger partial charge in [-0.3, -0.25) is 10.3 Å². The molecule has 1 rings (SSSR count). The zero-order valence-corrected chi connectivity index (χ0v) is 7.87. The first-order chi connectivity index (χ1) is 6.35. The maximum Gasteiger partial charge on any atom is 0.470 e. The van der Waals surface area contributed by atoms with Crippen LogP contribution < -0.4 is 5.73 Å². The summed E-state index contributed by atoms with van der Waals surface area (Å²) in [7, 11) is -4.75. The van der Waals surface area contributed by atoms with Crippen molar-refractivity contribution in [1.29, 1.82) is 0 Å². The van der Waals surface area contributed by atoms with Crippen LogP contribution in [0.5, 0.6) is 0 Å². The zero-order chi connectivity index (χ0) is 10.9. The molecule has 0 bridgehead atoms. The number of phosphoric ester groups is 1.